The van der Waals surface area contributed by atoms with Gasteiger partial charge < -0.3 is 5.11 Å². The van der Waals surface area contributed by atoms with Crippen molar-refractivity contribution in [3.8, 4) is 0 Å². The van der Waals surface area contributed by atoms with Gasteiger partial charge >= 0.3 is 0 Å². The Hall–Kier alpha value is -0.760. The van der Waals surface area contributed by atoms with Gasteiger partial charge in [-0.15, -0.1) is 0 Å². The fraction of sp³-hybridized carbons (Fsp3) is 0.333. The van der Waals surface area contributed by atoms with Gasteiger partial charge in [-0.25, -0.2) is 15.0 Å². The number of halogens is 1. The second kappa shape index (κ2) is 5.72. The van der Waals surface area contributed by atoms with Crippen LogP contribution in [0.25, 0.3) is 0 Å². The van der Waals surface area contributed by atoms with E-state index >= 15 is 0 Å². The first-order valence-electron chi connectivity index (χ1n) is 4.85. The normalized spacial score (nSPS) is 10.8. The molecule has 0 aliphatic rings. The summed E-state index contributed by atoms with van der Waals surface area (Å²) in [6.07, 6.45) is 2.17. The van der Waals surface area contributed by atoms with E-state index in [4.69, 9.17) is 11.6 Å². The van der Waals surface area contributed by atoms with Gasteiger partial charge in [-0.05, 0) is 23.3 Å². The molecule has 0 fully saturated rings. The lowest BCUT2D eigenvalue weighted by Gasteiger charge is -2.03. The summed E-state index contributed by atoms with van der Waals surface area (Å²) in [5.74, 6) is 0.809. The molecule has 17 heavy (non-hydrogen) atoms. The van der Waals surface area contributed by atoms with E-state index in [2.05, 4.69) is 19.3 Å². The standard InChI is InChI=1S/C9H9ClN4OS2/c1-2-6-13-9(17-14-6)16-8-5(3-15)7(10)11-4-12-8/h4,15H,2-3H2,1H3. The predicted octanol–water partition coefficient (Wildman–Crippen LogP) is 2.19. The summed E-state index contributed by atoms with van der Waals surface area (Å²) < 4.78 is 4.96. The fourth-order valence-electron chi connectivity index (χ4n) is 1.10. The molecule has 0 aliphatic heterocycles. The molecule has 0 radical (unpaired) electrons. The molecule has 0 unspecified atom stereocenters. The summed E-state index contributed by atoms with van der Waals surface area (Å²) in [7, 11) is 0. The molecule has 90 valence electrons. The predicted molar refractivity (Wildman–Crippen MR) is 66.4 cm³/mol. The van der Waals surface area contributed by atoms with Crippen molar-refractivity contribution in [1.29, 1.82) is 0 Å². The lowest BCUT2D eigenvalue weighted by atomic mass is 10.4. The third kappa shape index (κ3) is 2.92. The molecule has 5 nitrogen and oxygen atoms in total. The SMILES string of the molecule is CCc1nsc(Sc2ncnc(Cl)c2CO)n1. The van der Waals surface area contributed by atoms with Gasteiger partial charge in [0.2, 0.25) is 0 Å². The molecule has 0 spiro atoms. The highest BCUT2D eigenvalue weighted by Crippen LogP contribution is 2.31. The van der Waals surface area contributed by atoms with Gasteiger partial charge in [0, 0.05) is 12.0 Å². The van der Waals surface area contributed by atoms with Crippen LogP contribution >= 0.6 is 34.9 Å². The topological polar surface area (TPSA) is 71.8 Å². The number of aromatic nitrogens is 4. The Morgan fingerprint density at radius 2 is 2.29 bits per heavy atom. The molecule has 0 bridgehead atoms. The third-order valence-electron chi connectivity index (χ3n) is 1.96. The Kier molecular flexibility index (Phi) is 4.27. The summed E-state index contributed by atoms with van der Waals surface area (Å²) in [6.45, 7) is 1.80. The van der Waals surface area contributed by atoms with Crippen LogP contribution in [0.15, 0.2) is 15.7 Å². The van der Waals surface area contributed by atoms with Gasteiger partial charge in [0.15, 0.2) is 4.34 Å². The number of aryl methyl sites for hydroxylation is 1. The first-order valence-corrected chi connectivity index (χ1v) is 6.82. The van der Waals surface area contributed by atoms with Crippen LogP contribution in [0, 0.1) is 0 Å². The lowest BCUT2D eigenvalue weighted by Crippen LogP contribution is -1.95. The number of nitrogens with zero attached hydrogens (tertiary/aromatic N) is 4. The van der Waals surface area contributed by atoms with E-state index in [9.17, 15) is 5.11 Å². The molecule has 2 aromatic rings. The van der Waals surface area contributed by atoms with Crippen LogP contribution in [-0.2, 0) is 13.0 Å². The lowest BCUT2D eigenvalue weighted by molar-refractivity contribution is 0.277. The van der Waals surface area contributed by atoms with Crippen molar-refractivity contribution >= 4 is 34.9 Å². The second-order valence-corrected chi connectivity index (χ2v) is 5.38. The number of rotatable bonds is 4. The summed E-state index contributed by atoms with van der Waals surface area (Å²) in [5, 5.41) is 10.1. The van der Waals surface area contributed by atoms with Gasteiger partial charge in [-0.2, -0.15) is 4.37 Å². The Morgan fingerprint density at radius 1 is 1.47 bits per heavy atom. The van der Waals surface area contributed by atoms with E-state index in [0.717, 1.165) is 16.6 Å². The van der Waals surface area contributed by atoms with E-state index in [1.54, 1.807) is 0 Å². The van der Waals surface area contributed by atoms with E-state index < -0.39 is 0 Å². The minimum atomic E-state index is -0.193. The molecule has 2 aromatic heterocycles. The Morgan fingerprint density at radius 3 is 2.94 bits per heavy atom. The van der Waals surface area contributed by atoms with E-state index in [0.29, 0.717) is 10.6 Å². The molecule has 1 N–H and O–H groups in total. The summed E-state index contributed by atoms with van der Waals surface area (Å²) in [6, 6.07) is 0. The zero-order valence-electron chi connectivity index (χ0n) is 8.92. The van der Waals surface area contributed by atoms with Crippen molar-refractivity contribution in [2.75, 3.05) is 0 Å². The van der Waals surface area contributed by atoms with Crippen molar-refractivity contribution in [3.63, 3.8) is 0 Å². The maximum atomic E-state index is 9.22. The Labute approximate surface area is 111 Å². The number of hydrogen-bond acceptors (Lipinski definition) is 7. The van der Waals surface area contributed by atoms with Gasteiger partial charge in [-0.1, -0.05) is 18.5 Å². The molecule has 2 heterocycles. The molecular weight excluding hydrogens is 280 g/mol. The summed E-state index contributed by atoms with van der Waals surface area (Å²) in [5.41, 5.74) is 0.521. The smallest absolute Gasteiger partial charge is 0.176 e. The van der Waals surface area contributed by atoms with E-state index in [-0.39, 0.29) is 11.8 Å². The highest BCUT2D eigenvalue weighted by molar-refractivity contribution is 8.00. The largest absolute Gasteiger partial charge is 0.391 e. The van der Waals surface area contributed by atoms with Crippen molar-refractivity contribution in [3.05, 3.63) is 22.9 Å². The van der Waals surface area contributed by atoms with Crippen molar-refractivity contribution in [2.45, 2.75) is 29.3 Å². The zero-order valence-corrected chi connectivity index (χ0v) is 11.3. The molecule has 0 aliphatic carbocycles. The molecule has 0 atom stereocenters. The van der Waals surface area contributed by atoms with E-state index in [1.165, 1.54) is 29.6 Å². The first kappa shape index (κ1) is 12.7. The van der Waals surface area contributed by atoms with Crippen molar-refractivity contribution < 1.29 is 5.11 Å². The van der Waals surface area contributed by atoms with Crippen LogP contribution in [-0.4, -0.2) is 24.4 Å². The van der Waals surface area contributed by atoms with Gasteiger partial charge in [0.25, 0.3) is 0 Å². The van der Waals surface area contributed by atoms with Crippen molar-refractivity contribution in [2.24, 2.45) is 0 Å². The number of hydrogen-bond donors (Lipinski definition) is 1. The summed E-state index contributed by atoms with van der Waals surface area (Å²) >= 11 is 8.52. The zero-order chi connectivity index (χ0) is 12.3. The van der Waals surface area contributed by atoms with Crippen LogP contribution in [0.2, 0.25) is 5.15 Å². The Balaban J connectivity index is 2.26. The van der Waals surface area contributed by atoms with E-state index in [1.807, 2.05) is 6.92 Å². The number of aliphatic hydroxyl groups excluding tert-OH is 1. The molecule has 8 heteroatoms. The average molecular weight is 289 g/mol. The van der Waals surface area contributed by atoms with Gasteiger partial charge in [-0.3, -0.25) is 0 Å². The quantitative estimate of drug-likeness (QED) is 0.870. The van der Waals surface area contributed by atoms with Crippen LogP contribution < -0.4 is 0 Å². The number of aliphatic hydroxyl groups is 1. The van der Waals surface area contributed by atoms with Crippen LogP contribution in [0.1, 0.15) is 18.3 Å². The minimum absolute atomic E-state index is 0.193. The minimum Gasteiger partial charge on any atom is -0.391 e. The van der Waals surface area contributed by atoms with Crippen LogP contribution in [0.4, 0.5) is 0 Å². The van der Waals surface area contributed by atoms with Crippen molar-refractivity contribution in [1.82, 2.24) is 19.3 Å². The molecule has 0 amide bonds. The van der Waals surface area contributed by atoms with Gasteiger partial charge in [0.05, 0.1) is 6.61 Å². The average Bonchev–Trinajstić information content (AvgIpc) is 2.77. The monoisotopic (exact) mass is 288 g/mol. The third-order valence-corrected chi connectivity index (χ3v) is 4.12. The highest BCUT2D eigenvalue weighted by atomic mass is 35.5. The van der Waals surface area contributed by atoms with Gasteiger partial charge in [0.1, 0.15) is 22.3 Å². The second-order valence-electron chi connectivity index (χ2n) is 3.04. The molecular formula is C9H9ClN4OS2. The van der Waals surface area contributed by atoms with Crippen LogP contribution in [0.3, 0.4) is 0 Å². The summed E-state index contributed by atoms with van der Waals surface area (Å²) in [4.78, 5) is 12.2. The maximum Gasteiger partial charge on any atom is 0.176 e. The molecule has 0 saturated heterocycles. The molecule has 2 rings (SSSR count). The first-order chi connectivity index (χ1) is 8.24. The fourth-order valence-corrected chi connectivity index (χ4v) is 3.05. The van der Waals surface area contributed by atoms with Crippen LogP contribution in [0.5, 0.6) is 0 Å². The molecule has 0 saturated carbocycles. The highest BCUT2D eigenvalue weighted by Gasteiger charge is 2.12. The Bertz CT molecular complexity index is 519. The maximum absolute atomic E-state index is 9.22. The molecule has 0 aromatic carbocycles.